The zero-order valence-electron chi connectivity index (χ0n) is 14.7. The van der Waals surface area contributed by atoms with E-state index in [1.807, 2.05) is 4.72 Å². The van der Waals surface area contributed by atoms with Crippen LogP contribution in [-0.4, -0.2) is 36.2 Å². The lowest BCUT2D eigenvalue weighted by Crippen LogP contribution is -2.33. The first kappa shape index (κ1) is 20.2. The van der Waals surface area contributed by atoms with Crippen molar-refractivity contribution in [3.8, 4) is 0 Å². The fraction of sp³-hybridized carbons (Fsp3) is 0.500. The van der Waals surface area contributed by atoms with Gasteiger partial charge in [-0.1, -0.05) is 0 Å². The van der Waals surface area contributed by atoms with Crippen molar-refractivity contribution >= 4 is 10.0 Å². The number of aromatic nitrogens is 3. The van der Waals surface area contributed by atoms with Crippen molar-refractivity contribution in [2.24, 2.45) is 0 Å². The minimum Gasteiger partial charge on any atom is -0.366 e. The van der Waals surface area contributed by atoms with Gasteiger partial charge in [0.25, 0.3) is 0 Å². The van der Waals surface area contributed by atoms with Crippen molar-refractivity contribution in [3.63, 3.8) is 0 Å². The molecule has 2 heterocycles. The highest BCUT2D eigenvalue weighted by Gasteiger charge is 2.36. The molecule has 7 nitrogen and oxygen atoms in total. The molecule has 1 aliphatic carbocycles. The van der Waals surface area contributed by atoms with E-state index in [2.05, 4.69) is 15.2 Å². The largest absolute Gasteiger partial charge is 0.366 e. The number of hydrogen-bond donors (Lipinski definition) is 2. The number of rotatable bonds is 6. The Bertz CT molecular complexity index is 1030. The Hall–Kier alpha value is -2.12. The first-order chi connectivity index (χ1) is 13.7. The molecule has 0 bridgehead atoms. The zero-order chi connectivity index (χ0) is 20.9. The lowest BCUT2D eigenvalue weighted by atomic mass is 10.2. The first-order valence-corrected chi connectivity index (χ1v) is 10.3. The summed E-state index contributed by atoms with van der Waals surface area (Å²) in [5.41, 5.74) is 0. The Morgan fingerprint density at radius 2 is 1.59 bits per heavy atom. The summed E-state index contributed by atoms with van der Waals surface area (Å²) < 4.78 is 99.0. The molecular weight excluding hydrogens is 423 g/mol. The highest BCUT2D eigenvalue weighted by molar-refractivity contribution is 7.89. The monoisotopic (exact) mass is 438 g/mol. The van der Waals surface area contributed by atoms with Gasteiger partial charge in [-0.2, -0.15) is 5.10 Å². The van der Waals surface area contributed by atoms with E-state index in [-0.39, 0.29) is 0 Å². The maximum absolute atomic E-state index is 13.8. The van der Waals surface area contributed by atoms with Gasteiger partial charge in [-0.05, 0) is 25.7 Å². The molecule has 1 aromatic heterocycles. The van der Waals surface area contributed by atoms with Crippen LogP contribution in [0.4, 0.5) is 22.0 Å². The van der Waals surface area contributed by atoms with E-state index >= 15 is 0 Å². The topological polar surface area (TPSA) is 97.0 Å². The van der Waals surface area contributed by atoms with Crippen LogP contribution in [0.1, 0.15) is 49.4 Å². The van der Waals surface area contributed by atoms with Gasteiger partial charge in [0, 0.05) is 12.5 Å². The number of H-pyrrole nitrogens is 1. The van der Waals surface area contributed by atoms with E-state index < -0.39 is 62.8 Å². The van der Waals surface area contributed by atoms with Crippen LogP contribution in [0.2, 0.25) is 0 Å². The van der Waals surface area contributed by atoms with Crippen molar-refractivity contribution in [1.82, 2.24) is 19.9 Å². The molecule has 2 fully saturated rings. The molecule has 1 aliphatic heterocycles. The minimum absolute atomic E-state index is 0.338. The number of halogens is 5. The molecule has 2 aromatic rings. The minimum atomic E-state index is -5.01. The van der Waals surface area contributed by atoms with Crippen molar-refractivity contribution < 1.29 is 35.1 Å². The van der Waals surface area contributed by atoms with Crippen LogP contribution in [0.15, 0.2) is 4.90 Å². The molecule has 1 saturated heterocycles. The van der Waals surface area contributed by atoms with Gasteiger partial charge in [0.05, 0.1) is 6.10 Å². The first-order valence-electron chi connectivity index (χ1n) is 8.77. The fourth-order valence-corrected chi connectivity index (χ4v) is 4.31. The number of ether oxygens (including phenoxy) is 1. The number of aromatic amines is 1. The van der Waals surface area contributed by atoms with E-state index in [0.717, 1.165) is 12.8 Å². The van der Waals surface area contributed by atoms with Crippen molar-refractivity contribution in [2.45, 2.75) is 48.7 Å². The molecule has 13 heteroatoms. The normalized spacial score (nSPS) is 22.4. The molecule has 29 heavy (non-hydrogen) atoms. The van der Waals surface area contributed by atoms with Gasteiger partial charge in [0.15, 0.2) is 39.8 Å². The zero-order valence-corrected chi connectivity index (χ0v) is 15.5. The van der Waals surface area contributed by atoms with Crippen molar-refractivity contribution in [2.75, 3.05) is 6.54 Å². The van der Waals surface area contributed by atoms with Crippen LogP contribution >= 0.6 is 0 Å². The van der Waals surface area contributed by atoms with Gasteiger partial charge in [0.1, 0.15) is 6.10 Å². The van der Waals surface area contributed by atoms with Crippen LogP contribution in [-0.2, 0) is 14.8 Å². The Morgan fingerprint density at radius 3 is 2.21 bits per heavy atom. The average molecular weight is 438 g/mol. The molecule has 4 rings (SSSR count). The third-order valence-electron chi connectivity index (χ3n) is 4.81. The summed E-state index contributed by atoms with van der Waals surface area (Å²) in [6.45, 7) is -0.415. The van der Waals surface area contributed by atoms with E-state index in [1.54, 1.807) is 0 Å². The van der Waals surface area contributed by atoms with Crippen LogP contribution in [0.3, 0.4) is 0 Å². The van der Waals surface area contributed by atoms with Gasteiger partial charge < -0.3 is 4.74 Å². The molecule has 1 saturated carbocycles. The van der Waals surface area contributed by atoms with E-state index in [4.69, 9.17) is 4.74 Å². The van der Waals surface area contributed by atoms with Crippen molar-refractivity contribution in [1.29, 1.82) is 0 Å². The van der Waals surface area contributed by atoms with E-state index in [0.29, 0.717) is 30.4 Å². The van der Waals surface area contributed by atoms with Crippen LogP contribution in [0, 0.1) is 29.1 Å². The number of benzene rings is 1. The molecule has 0 amide bonds. The summed E-state index contributed by atoms with van der Waals surface area (Å²) in [4.78, 5) is 2.42. The predicted octanol–water partition coefficient (Wildman–Crippen LogP) is 2.58. The summed E-state index contributed by atoms with van der Waals surface area (Å²) in [5.74, 6) is -10.4. The number of sulfonamides is 1. The fourth-order valence-electron chi connectivity index (χ4n) is 3.11. The van der Waals surface area contributed by atoms with Gasteiger partial charge in [-0.3, -0.25) is 5.10 Å². The molecule has 0 unspecified atom stereocenters. The van der Waals surface area contributed by atoms with Gasteiger partial charge in [-0.15, -0.1) is 0 Å². The molecule has 2 atom stereocenters. The Balaban J connectivity index is 1.44. The standard InChI is InChI=1S/C16H15F5N4O3S/c17-9-10(18)12(20)14(13(21)11(9)19)29(26,27)22-5-7-3-4-8(28-7)16-23-15(24-25-16)6-1-2-6/h6-8,22H,1-5H2,(H,23,24,25)/t7-,8+/m0/s1. The lowest BCUT2D eigenvalue weighted by Gasteiger charge is -2.14. The highest BCUT2D eigenvalue weighted by Crippen LogP contribution is 2.39. The predicted molar refractivity (Wildman–Crippen MR) is 86.6 cm³/mol. The molecule has 2 N–H and O–H groups in total. The number of hydrogen-bond acceptors (Lipinski definition) is 5. The van der Waals surface area contributed by atoms with Crippen LogP contribution in [0.25, 0.3) is 0 Å². The molecular formula is C16H15F5N4O3S. The summed E-state index contributed by atoms with van der Waals surface area (Å²) in [7, 11) is -5.01. The summed E-state index contributed by atoms with van der Waals surface area (Å²) in [6.07, 6.45) is 1.79. The second-order valence-electron chi connectivity index (χ2n) is 6.93. The SMILES string of the molecule is O=S(=O)(NC[C@@H]1CC[C@H](c2nc(C3CC3)n[nH]2)O1)c1c(F)c(F)c(F)c(F)c1F. The Morgan fingerprint density at radius 1 is 0.966 bits per heavy atom. The van der Waals surface area contributed by atoms with E-state index in [1.165, 1.54) is 0 Å². The van der Waals surface area contributed by atoms with E-state index in [9.17, 15) is 30.4 Å². The maximum Gasteiger partial charge on any atom is 0.246 e. The van der Waals surface area contributed by atoms with Crippen molar-refractivity contribution in [3.05, 3.63) is 40.7 Å². The van der Waals surface area contributed by atoms with Crippen LogP contribution in [0.5, 0.6) is 0 Å². The smallest absolute Gasteiger partial charge is 0.246 e. The number of nitrogens with zero attached hydrogens (tertiary/aromatic N) is 2. The highest BCUT2D eigenvalue weighted by atomic mass is 32.2. The summed E-state index contributed by atoms with van der Waals surface area (Å²) >= 11 is 0. The molecule has 158 valence electrons. The number of nitrogens with one attached hydrogen (secondary N) is 2. The molecule has 0 spiro atoms. The second-order valence-corrected chi connectivity index (χ2v) is 8.63. The maximum atomic E-state index is 13.8. The average Bonchev–Trinajstić information content (AvgIpc) is 3.22. The van der Waals surface area contributed by atoms with Gasteiger partial charge in [0.2, 0.25) is 15.8 Å². The van der Waals surface area contributed by atoms with Gasteiger partial charge in [-0.25, -0.2) is 40.1 Å². The third-order valence-corrected chi connectivity index (χ3v) is 6.26. The third kappa shape index (κ3) is 3.73. The summed E-state index contributed by atoms with van der Waals surface area (Å²) in [5, 5.41) is 6.88. The quantitative estimate of drug-likeness (QED) is 0.411. The van der Waals surface area contributed by atoms with Crippen LogP contribution < -0.4 is 4.72 Å². The molecule has 2 aliphatic rings. The Labute approximate surface area is 161 Å². The second kappa shape index (κ2) is 7.29. The molecule has 1 aromatic carbocycles. The lowest BCUT2D eigenvalue weighted by molar-refractivity contribution is 0.0430. The summed E-state index contributed by atoms with van der Waals surface area (Å²) in [6, 6.07) is 0. The Kier molecular flexibility index (Phi) is 5.07. The van der Waals surface area contributed by atoms with Gasteiger partial charge >= 0.3 is 0 Å². The molecule has 0 radical (unpaired) electrons.